The summed E-state index contributed by atoms with van der Waals surface area (Å²) in [4.78, 5) is 9.07. The summed E-state index contributed by atoms with van der Waals surface area (Å²) in [5, 5.41) is 7.58. The van der Waals surface area contributed by atoms with Gasteiger partial charge in [-0.25, -0.2) is 4.99 Å². The van der Waals surface area contributed by atoms with E-state index in [0.29, 0.717) is 11.8 Å². The molecule has 6 heteroatoms. The van der Waals surface area contributed by atoms with Crippen LogP contribution in [-0.4, -0.2) is 34.4 Å². The highest BCUT2D eigenvalue weighted by Crippen LogP contribution is 2.20. The minimum Gasteiger partial charge on any atom is -0.382 e. The van der Waals surface area contributed by atoms with Gasteiger partial charge in [0.2, 0.25) is 0 Å². The second kappa shape index (κ2) is 11.4. The van der Waals surface area contributed by atoms with Gasteiger partial charge in [0.15, 0.2) is 0 Å². The third kappa shape index (κ3) is 6.59. The fraction of sp³-hybridized carbons (Fsp3) is 0.550. The number of hydrogen-bond acceptors (Lipinski definition) is 4. The van der Waals surface area contributed by atoms with E-state index >= 15 is 0 Å². The lowest BCUT2D eigenvalue weighted by Gasteiger charge is -2.23. The van der Waals surface area contributed by atoms with Crippen LogP contribution in [0, 0.1) is 5.92 Å². The zero-order valence-electron chi connectivity index (χ0n) is 17.1. The Morgan fingerprint density at radius 1 is 1.38 bits per heavy atom. The number of amidine groups is 1. The van der Waals surface area contributed by atoms with E-state index in [-0.39, 0.29) is 0 Å². The molecule has 0 amide bonds. The molecule has 6 nitrogen and oxygen atoms in total. The average molecular weight is 359 g/mol. The number of aryl methyl sites for hydroxylation is 1. The number of nitrogens with two attached hydrogens (primary N) is 1. The summed E-state index contributed by atoms with van der Waals surface area (Å²) in [6.45, 7) is 12.0. The SMILES string of the molecule is C/C=C(\N=C(N)C(C)=N/C=C(\C)c1cnn(C)c1)C1CCCNC1.CC. The van der Waals surface area contributed by atoms with Gasteiger partial charge in [-0.15, -0.1) is 0 Å². The first-order valence-corrected chi connectivity index (χ1v) is 9.43. The summed E-state index contributed by atoms with van der Waals surface area (Å²) >= 11 is 0. The predicted molar refractivity (Wildman–Crippen MR) is 112 cm³/mol. The molecule has 0 radical (unpaired) electrons. The molecule has 1 fully saturated rings. The molecule has 0 aliphatic carbocycles. The third-order valence-electron chi connectivity index (χ3n) is 4.24. The summed E-state index contributed by atoms with van der Waals surface area (Å²) in [7, 11) is 1.90. The molecule has 0 spiro atoms. The van der Waals surface area contributed by atoms with Gasteiger partial charge < -0.3 is 11.1 Å². The second-order valence-electron chi connectivity index (χ2n) is 6.18. The molecule has 1 unspecified atom stereocenters. The van der Waals surface area contributed by atoms with Crippen molar-refractivity contribution in [3.05, 3.63) is 35.9 Å². The Morgan fingerprint density at radius 2 is 2.12 bits per heavy atom. The van der Waals surface area contributed by atoms with Crippen LogP contribution in [0.25, 0.3) is 5.57 Å². The Kier molecular flexibility index (Phi) is 9.58. The molecule has 2 rings (SSSR count). The minimum absolute atomic E-state index is 0.433. The molecule has 1 aromatic rings. The van der Waals surface area contributed by atoms with E-state index in [1.54, 1.807) is 4.68 Å². The van der Waals surface area contributed by atoms with E-state index < -0.39 is 0 Å². The van der Waals surface area contributed by atoms with E-state index in [1.807, 2.05) is 60.3 Å². The lowest BCUT2D eigenvalue weighted by Crippen LogP contribution is -2.31. The van der Waals surface area contributed by atoms with Crippen molar-refractivity contribution in [1.29, 1.82) is 0 Å². The number of piperidine rings is 1. The summed E-state index contributed by atoms with van der Waals surface area (Å²) in [6, 6.07) is 0. The predicted octanol–water partition coefficient (Wildman–Crippen LogP) is 3.53. The van der Waals surface area contributed by atoms with E-state index in [4.69, 9.17) is 5.73 Å². The van der Waals surface area contributed by atoms with Crippen LogP contribution in [0.15, 0.2) is 40.4 Å². The van der Waals surface area contributed by atoms with Gasteiger partial charge >= 0.3 is 0 Å². The summed E-state index contributed by atoms with van der Waals surface area (Å²) in [5.74, 6) is 0.909. The fourth-order valence-electron chi connectivity index (χ4n) is 2.67. The van der Waals surface area contributed by atoms with Gasteiger partial charge in [-0.2, -0.15) is 5.10 Å². The van der Waals surface area contributed by atoms with Crippen LogP contribution in [0.5, 0.6) is 0 Å². The Bertz CT molecular complexity index is 672. The Morgan fingerprint density at radius 3 is 2.65 bits per heavy atom. The standard InChI is InChI=1S/C18H28N6.C2H6/c1-5-17(15-7-6-8-20-10-15)23-18(19)14(3)21-9-13(2)16-11-22-24(4)12-16;1-2/h5,9,11-12,15,20H,6-8,10H2,1-4H3,(H2,19,23);1-2H3/b13-9+,17-5-,21-14?;. The molecule has 26 heavy (non-hydrogen) atoms. The molecule has 0 saturated carbocycles. The maximum Gasteiger partial charge on any atom is 0.145 e. The van der Waals surface area contributed by atoms with Gasteiger partial charge in [-0.05, 0) is 45.7 Å². The van der Waals surface area contributed by atoms with Gasteiger partial charge in [-0.3, -0.25) is 9.67 Å². The normalized spacial score (nSPS) is 19.8. The average Bonchev–Trinajstić information content (AvgIpc) is 3.12. The maximum absolute atomic E-state index is 6.14. The second-order valence-corrected chi connectivity index (χ2v) is 6.18. The van der Waals surface area contributed by atoms with Crippen LogP contribution < -0.4 is 11.1 Å². The van der Waals surface area contributed by atoms with Crippen molar-refractivity contribution in [2.24, 2.45) is 28.7 Å². The van der Waals surface area contributed by atoms with E-state index in [0.717, 1.165) is 42.1 Å². The molecule has 1 saturated heterocycles. The molecule has 1 aliphatic heterocycles. The number of nitrogens with one attached hydrogen (secondary N) is 1. The van der Waals surface area contributed by atoms with Gasteiger partial charge in [0.25, 0.3) is 0 Å². The smallest absolute Gasteiger partial charge is 0.145 e. The molecular formula is C20H34N6. The highest BCUT2D eigenvalue weighted by Gasteiger charge is 2.17. The maximum atomic E-state index is 6.14. The number of hydrogen-bond donors (Lipinski definition) is 2. The molecule has 1 aromatic heterocycles. The Labute approximate surface area is 158 Å². The molecule has 0 bridgehead atoms. The first-order valence-electron chi connectivity index (χ1n) is 9.43. The number of rotatable bonds is 5. The van der Waals surface area contributed by atoms with E-state index in [9.17, 15) is 0 Å². The molecule has 2 heterocycles. The highest BCUT2D eigenvalue weighted by molar-refractivity contribution is 6.40. The first kappa shape index (κ1) is 21.8. The first-order chi connectivity index (χ1) is 12.5. The third-order valence-corrected chi connectivity index (χ3v) is 4.24. The van der Waals surface area contributed by atoms with E-state index in [1.165, 1.54) is 6.42 Å². The molecule has 144 valence electrons. The van der Waals surface area contributed by atoms with Crippen LogP contribution in [-0.2, 0) is 7.05 Å². The molecule has 1 atom stereocenters. The van der Waals surface area contributed by atoms with Crippen molar-refractivity contribution in [1.82, 2.24) is 15.1 Å². The van der Waals surface area contributed by atoms with Gasteiger partial charge in [-0.1, -0.05) is 19.9 Å². The largest absolute Gasteiger partial charge is 0.382 e. The van der Waals surface area contributed by atoms with Crippen molar-refractivity contribution in [2.75, 3.05) is 13.1 Å². The van der Waals surface area contributed by atoms with Gasteiger partial charge in [0, 0.05) is 43.2 Å². The molecule has 3 N–H and O–H groups in total. The van der Waals surface area contributed by atoms with Crippen molar-refractivity contribution < 1.29 is 0 Å². The van der Waals surface area contributed by atoms with Gasteiger partial charge in [0.1, 0.15) is 5.84 Å². The highest BCUT2D eigenvalue weighted by atomic mass is 15.2. The van der Waals surface area contributed by atoms with Crippen LogP contribution in [0.2, 0.25) is 0 Å². The zero-order chi connectivity index (χ0) is 19.5. The van der Waals surface area contributed by atoms with E-state index in [2.05, 4.69) is 26.5 Å². The molecule has 0 aromatic carbocycles. The van der Waals surface area contributed by atoms with Crippen molar-refractivity contribution in [3.63, 3.8) is 0 Å². The molecular weight excluding hydrogens is 324 g/mol. The lowest BCUT2D eigenvalue weighted by molar-refractivity contribution is 0.419. The Balaban J connectivity index is 0.00000163. The topological polar surface area (TPSA) is 80.6 Å². The van der Waals surface area contributed by atoms with Crippen LogP contribution in [0.1, 0.15) is 53.0 Å². The number of nitrogens with zero attached hydrogens (tertiary/aromatic N) is 4. The minimum atomic E-state index is 0.433. The quantitative estimate of drug-likeness (QED) is 0.624. The van der Waals surface area contributed by atoms with Crippen LogP contribution in [0.3, 0.4) is 0 Å². The summed E-state index contributed by atoms with van der Waals surface area (Å²) in [6.07, 6.45) is 9.97. The van der Waals surface area contributed by atoms with Gasteiger partial charge in [0.05, 0.1) is 11.9 Å². The number of aliphatic imine (C=N–C) groups is 2. The zero-order valence-corrected chi connectivity index (χ0v) is 17.1. The monoisotopic (exact) mass is 358 g/mol. The fourth-order valence-corrected chi connectivity index (χ4v) is 2.67. The summed E-state index contributed by atoms with van der Waals surface area (Å²) in [5.41, 5.74) is 10.00. The summed E-state index contributed by atoms with van der Waals surface area (Å²) < 4.78 is 1.77. The van der Waals surface area contributed by atoms with Crippen molar-refractivity contribution >= 4 is 17.1 Å². The van der Waals surface area contributed by atoms with Crippen molar-refractivity contribution in [3.8, 4) is 0 Å². The molecule has 1 aliphatic rings. The number of aromatic nitrogens is 2. The lowest BCUT2D eigenvalue weighted by atomic mass is 9.96. The van der Waals surface area contributed by atoms with Crippen LogP contribution >= 0.6 is 0 Å². The van der Waals surface area contributed by atoms with Crippen LogP contribution in [0.4, 0.5) is 0 Å². The number of allylic oxidation sites excluding steroid dienone is 2. The van der Waals surface area contributed by atoms with Crippen molar-refractivity contribution in [2.45, 2.75) is 47.5 Å². The Hall–Kier alpha value is -2.21.